The van der Waals surface area contributed by atoms with Gasteiger partial charge in [-0.25, -0.2) is 14.2 Å². The van der Waals surface area contributed by atoms with E-state index in [1.54, 1.807) is 24.5 Å². The number of nitrogens with one attached hydrogen (secondary N) is 1. The van der Waals surface area contributed by atoms with Crippen LogP contribution in [0.3, 0.4) is 0 Å². The lowest BCUT2D eigenvalue weighted by atomic mass is 10.1. The van der Waals surface area contributed by atoms with Crippen molar-refractivity contribution in [2.75, 3.05) is 6.26 Å². The Morgan fingerprint density at radius 2 is 2.22 bits per heavy atom. The van der Waals surface area contributed by atoms with Gasteiger partial charge in [-0.1, -0.05) is 30.0 Å². The van der Waals surface area contributed by atoms with Crippen molar-refractivity contribution in [2.24, 2.45) is 0 Å². The number of rotatable bonds is 4. The molecule has 0 fully saturated rings. The normalized spacial score (nSPS) is 10.6. The molecule has 1 aromatic heterocycles. The summed E-state index contributed by atoms with van der Waals surface area (Å²) in [5.74, 6) is -1.47. The van der Waals surface area contributed by atoms with Crippen LogP contribution in [0, 0.1) is 5.82 Å². The lowest BCUT2D eigenvalue weighted by molar-refractivity contribution is 0.0689. The summed E-state index contributed by atoms with van der Waals surface area (Å²) in [5.41, 5.74) is 0.802. The molecule has 0 aliphatic carbocycles. The number of carboxylic acids is 1. The molecule has 1 aromatic carbocycles. The van der Waals surface area contributed by atoms with Gasteiger partial charge in [-0.3, -0.25) is 0 Å². The van der Waals surface area contributed by atoms with Gasteiger partial charge in [0.25, 0.3) is 0 Å². The van der Waals surface area contributed by atoms with Crippen molar-refractivity contribution in [3.05, 3.63) is 47.0 Å². The van der Waals surface area contributed by atoms with E-state index in [4.69, 9.17) is 5.11 Å². The molecule has 2 N–H and O–H groups in total. The van der Waals surface area contributed by atoms with E-state index in [-0.39, 0.29) is 17.9 Å². The summed E-state index contributed by atoms with van der Waals surface area (Å²) >= 11 is 1.31. The zero-order valence-electron chi connectivity index (χ0n) is 9.61. The number of halogens is 1. The summed E-state index contributed by atoms with van der Waals surface area (Å²) in [6.45, 7) is 0. The number of nitrogens with zero attached hydrogens (tertiary/aromatic N) is 1. The Labute approximate surface area is 107 Å². The fourth-order valence-corrected chi connectivity index (χ4v) is 2.03. The molecule has 2 aromatic rings. The molecule has 0 bridgehead atoms. The number of aromatic nitrogens is 2. The zero-order valence-corrected chi connectivity index (χ0v) is 10.4. The number of H-pyrrole nitrogens is 1. The highest BCUT2D eigenvalue weighted by atomic mass is 32.2. The Kier molecular flexibility index (Phi) is 3.66. The van der Waals surface area contributed by atoms with Crippen molar-refractivity contribution < 1.29 is 14.3 Å². The number of carboxylic acid groups (broad SMARTS) is 1. The molecule has 0 radical (unpaired) electrons. The van der Waals surface area contributed by atoms with E-state index in [1.165, 1.54) is 17.8 Å². The molecule has 0 saturated carbocycles. The Bertz CT molecular complexity index is 583. The predicted octanol–water partition coefficient (Wildman–Crippen LogP) is 2.56. The highest BCUT2D eigenvalue weighted by Gasteiger charge is 2.17. The number of aromatic carboxylic acids is 1. The largest absolute Gasteiger partial charge is 0.476 e. The van der Waals surface area contributed by atoms with Crippen LogP contribution in [-0.2, 0) is 6.42 Å². The molecule has 0 saturated heterocycles. The SMILES string of the molecule is CSc1nc(C(=O)O)c(Cc2ccccc2F)[nH]1. The Morgan fingerprint density at radius 3 is 2.83 bits per heavy atom. The van der Waals surface area contributed by atoms with Gasteiger partial charge in [0.2, 0.25) is 0 Å². The van der Waals surface area contributed by atoms with Crippen LogP contribution in [0.25, 0.3) is 0 Å². The van der Waals surface area contributed by atoms with E-state index in [0.717, 1.165) is 0 Å². The summed E-state index contributed by atoms with van der Waals surface area (Å²) in [6.07, 6.45) is 1.97. The molecular weight excluding hydrogens is 255 g/mol. The first-order valence-corrected chi connectivity index (χ1v) is 6.44. The van der Waals surface area contributed by atoms with Crippen LogP contribution in [0.5, 0.6) is 0 Å². The van der Waals surface area contributed by atoms with Gasteiger partial charge in [0.15, 0.2) is 10.9 Å². The van der Waals surface area contributed by atoms with E-state index in [9.17, 15) is 9.18 Å². The van der Waals surface area contributed by atoms with Gasteiger partial charge < -0.3 is 10.1 Å². The highest BCUT2D eigenvalue weighted by molar-refractivity contribution is 7.98. The van der Waals surface area contributed by atoms with Crippen LogP contribution in [0.2, 0.25) is 0 Å². The van der Waals surface area contributed by atoms with Crippen molar-refractivity contribution in [1.82, 2.24) is 9.97 Å². The van der Waals surface area contributed by atoms with Gasteiger partial charge in [0.1, 0.15) is 5.82 Å². The zero-order chi connectivity index (χ0) is 13.1. The van der Waals surface area contributed by atoms with Crippen LogP contribution in [0.1, 0.15) is 21.7 Å². The Morgan fingerprint density at radius 1 is 1.50 bits per heavy atom. The number of thioether (sulfide) groups is 1. The molecule has 18 heavy (non-hydrogen) atoms. The van der Waals surface area contributed by atoms with Gasteiger partial charge in [-0.2, -0.15) is 0 Å². The van der Waals surface area contributed by atoms with Gasteiger partial charge >= 0.3 is 5.97 Å². The van der Waals surface area contributed by atoms with Gasteiger partial charge in [0.05, 0.1) is 5.69 Å². The lowest BCUT2D eigenvalue weighted by Crippen LogP contribution is -2.03. The number of carbonyl (C=O) groups is 1. The number of aromatic amines is 1. The first-order valence-electron chi connectivity index (χ1n) is 5.21. The molecule has 1 heterocycles. The minimum Gasteiger partial charge on any atom is -0.476 e. The predicted molar refractivity (Wildman–Crippen MR) is 66.5 cm³/mol. The monoisotopic (exact) mass is 266 g/mol. The van der Waals surface area contributed by atoms with Crippen LogP contribution in [-0.4, -0.2) is 27.3 Å². The summed E-state index contributed by atoms with van der Waals surface area (Å²) in [6, 6.07) is 6.28. The minimum absolute atomic E-state index is 0.0531. The average molecular weight is 266 g/mol. The smallest absolute Gasteiger partial charge is 0.356 e. The quantitative estimate of drug-likeness (QED) is 0.835. The third kappa shape index (κ3) is 2.53. The molecule has 0 aliphatic heterocycles. The number of imidazole rings is 1. The van der Waals surface area contributed by atoms with Crippen molar-refractivity contribution in [3.63, 3.8) is 0 Å². The molecule has 6 heteroatoms. The molecule has 0 atom stereocenters. The molecule has 4 nitrogen and oxygen atoms in total. The minimum atomic E-state index is -1.11. The van der Waals surface area contributed by atoms with E-state index in [0.29, 0.717) is 16.4 Å². The number of hydrogen-bond acceptors (Lipinski definition) is 3. The molecule has 0 aliphatic rings. The average Bonchev–Trinajstić information content (AvgIpc) is 2.75. The van der Waals surface area contributed by atoms with Crippen LogP contribution in [0.15, 0.2) is 29.4 Å². The maximum Gasteiger partial charge on any atom is 0.356 e. The fraction of sp³-hybridized carbons (Fsp3) is 0.167. The molecule has 0 spiro atoms. The summed E-state index contributed by atoms with van der Waals surface area (Å²) in [5, 5.41) is 9.55. The van der Waals surface area contributed by atoms with E-state index in [2.05, 4.69) is 9.97 Å². The molecular formula is C12H11FN2O2S. The summed E-state index contributed by atoms with van der Waals surface area (Å²) in [4.78, 5) is 17.9. The highest BCUT2D eigenvalue weighted by Crippen LogP contribution is 2.19. The molecule has 2 rings (SSSR count). The summed E-state index contributed by atoms with van der Waals surface area (Å²) in [7, 11) is 0. The fourth-order valence-electron chi connectivity index (χ4n) is 1.62. The first-order chi connectivity index (χ1) is 8.61. The second-order valence-electron chi connectivity index (χ2n) is 3.65. The number of benzene rings is 1. The third-order valence-electron chi connectivity index (χ3n) is 2.48. The Hall–Kier alpha value is -1.82. The second kappa shape index (κ2) is 5.22. The van der Waals surface area contributed by atoms with Gasteiger partial charge in [-0.05, 0) is 17.9 Å². The van der Waals surface area contributed by atoms with Crippen molar-refractivity contribution in [2.45, 2.75) is 11.6 Å². The third-order valence-corrected chi connectivity index (χ3v) is 3.06. The van der Waals surface area contributed by atoms with Gasteiger partial charge in [0, 0.05) is 6.42 Å². The first kappa shape index (κ1) is 12.6. The standard InChI is InChI=1S/C12H11FN2O2S/c1-18-12-14-9(10(15-12)11(16)17)6-7-4-2-3-5-8(7)13/h2-5H,6H2,1H3,(H,14,15)(H,16,17). The van der Waals surface area contributed by atoms with Crippen molar-refractivity contribution >= 4 is 17.7 Å². The summed E-state index contributed by atoms with van der Waals surface area (Å²) < 4.78 is 13.5. The van der Waals surface area contributed by atoms with Crippen LogP contribution in [0.4, 0.5) is 4.39 Å². The maximum absolute atomic E-state index is 13.5. The molecule has 94 valence electrons. The van der Waals surface area contributed by atoms with E-state index >= 15 is 0 Å². The van der Waals surface area contributed by atoms with Crippen LogP contribution < -0.4 is 0 Å². The molecule has 0 amide bonds. The topological polar surface area (TPSA) is 66.0 Å². The van der Waals surface area contributed by atoms with E-state index < -0.39 is 5.97 Å². The Balaban J connectivity index is 2.36. The van der Waals surface area contributed by atoms with Crippen molar-refractivity contribution in [3.8, 4) is 0 Å². The molecule has 0 unspecified atom stereocenters. The van der Waals surface area contributed by atoms with Gasteiger partial charge in [-0.15, -0.1) is 0 Å². The van der Waals surface area contributed by atoms with Crippen LogP contribution >= 0.6 is 11.8 Å². The second-order valence-corrected chi connectivity index (χ2v) is 4.44. The van der Waals surface area contributed by atoms with E-state index in [1.807, 2.05) is 0 Å². The van der Waals surface area contributed by atoms with Crippen molar-refractivity contribution in [1.29, 1.82) is 0 Å². The number of hydrogen-bond donors (Lipinski definition) is 2. The maximum atomic E-state index is 13.5. The lowest BCUT2D eigenvalue weighted by Gasteiger charge is -2.01.